The first kappa shape index (κ1) is 19.6. The molecule has 5 heteroatoms. The molecule has 0 aliphatic carbocycles. The van der Waals surface area contributed by atoms with Crippen molar-refractivity contribution in [1.82, 2.24) is 14.9 Å². The van der Waals surface area contributed by atoms with Gasteiger partial charge in [-0.3, -0.25) is 14.2 Å². The van der Waals surface area contributed by atoms with E-state index in [2.05, 4.69) is 22.4 Å². The van der Waals surface area contributed by atoms with Crippen molar-refractivity contribution < 1.29 is 4.79 Å². The lowest BCUT2D eigenvalue weighted by molar-refractivity contribution is 0.0953. The maximum absolute atomic E-state index is 12.9. The molecule has 4 aromatic rings. The van der Waals surface area contributed by atoms with E-state index in [4.69, 9.17) is 0 Å². The van der Waals surface area contributed by atoms with Gasteiger partial charge in [-0.2, -0.15) is 0 Å². The normalized spacial score (nSPS) is 10.8. The fraction of sp³-hybridized carbons (Fsp3) is 0.160. The summed E-state index contributed by atoms with van der Waals surface area (Å²) in [6.07, 6.45) is 1.81. The lowest BCUT2D eigenvalue weighted by Gasteiger charge is -2.11. The van der Waals surface area contributed by atoms with E-state index in [1.807, 2.05) is 36.4 Å². The Hall–Kier alpha value is -3.73. The van der Waals surface area contributed by atoms with Gasteiger partial charge in [0.1, 0.15) is 5.82 Å². The van der Waals surface area contributed by atoms with Crippen molar-refractivity contribution in [2.45, 2.75) is 19.8 Å². The fourth-order valence-electron chi connectivity index (χ4n) is 3.55. The maximum Gasteiger partial charge on any atom is 0.265 e. The van der Waals surface area contributed by atoms with Gasteiger partial charge in [0.2, 0.25) is 0 Å². The molecule has 0 saturated heterocycles. The molecule has 30 heavy (non-hydrogen) atoms. The van der Waals surface area contributed by atoms with Crippen LogP contribution in [0.5, 0.6) is 0 Å². The van der Waals surface area contributed by atoms with E-state index in [1.165, 1.54) is 5.56 Å². The van der Waals surface area contributed by atoms with E-state index in [-0.39, 0.29) is 11.5 Å². The molecular weight excluding hydrogens is 374 g/mol. The predicted molar refractivity (Wildman–Crippen MR) is 119 cm³/mol. The molecule has 1 amide bonds. The molecule has 0 radical (unpaired) electrons. The Labute approximate surface area is 175 Å². The molecule has 1 aromatic heterocycles. The molecule has 0 fully saturated rings. The number of hydrogen-bond donors (Lipinski definition) is 1. The lowest BCUT2D eigenvalue weighted by Crippen LogP contribution is -2.25. The highest BCUT2D eigenvalue weighted by atomic mass is 16.1. The molecule has 0 spiro atoms. The van der Waals surface area contributed by atoms with Gasteiger partial charge in [0, 0.05) is 12.1 Å². The van der Waals surface area contributed by atoms with Crippen LogP contribution < -0.4 is 10.9 Å². The molecule has 0 aliphatic heterocycles. The molecule has 4 rings (SSSR count). The molecule has 150 valence electrons. The molecule has 0 bridgehead atoms. The minimum absolute atomic E-state index is 0.115. The molecular formula is C25H23N3O2. The first-order valence-corrected chi connectivity index (χ1v) is 10.0. The second-order valence-electron chi connectivity index (χ2n) is 7.21. The summed E-state index contributed by atoms with van der Waals surface area (Å²) in [6, 6.07) is 24.6. The van der Waals surface area contributed by atoms with E-state index in [1.54, 1.807) is 41.8 Å². The van der Waals surface area contributed by atoms with Gasteiger partial charge in [0.25, 0.3) is 11.5 Å². The van der Waals surface area contributed by atoms with Crippen molar-refractivity contribution in [1.29, 1.82) is 0 Å². The van der Waals surface area contributed by atoms with Crippen molar-refractivity contribution >= 4 is 16.8 Å². The first-order chi connectivity index (χ1) is 14.6. The number of carbonyl (C=O) groups is 1. The first-order valence-electron chi connectivity index (χ1n) is 10.0. The van der Waals surface area contributed by atoms with Gasteiger partial charge >= 0.3 is 0 Å². The van der Waals surface area contributed by atoms with Crippen LogP contribution in [0.2, 0.25) is 0 Å². The van der Waals surface area contributed by atoms with E-state index in [9.17, 15) is 9.59 Å². The van der Waals surface area contributed by atoms with E-state index < -0.39 is 0 Å². The minimum Gasteiger partial charge on any atom is -0.352 e. The largest absolute Gasteiger partial charge is 0.352 e. The van der Waals surface area contributed by atoms with Crippen molar-refractivity contribution in [3.05, 3.63) is 106 Å². The minimum atomic E-state index is -0.115. The molecule has 0 saturated carbocycles. The predicted octanol–water partition coefficient (Wildman–Crippen LogP) is 4.06. The molecule has 5 nitrogen and oxygen atoms in total. The zero-order valence-corrected chi connectivity index (χ0v) is 16.8. The van der Waals surface area contributed by atoms with Gasteiger partial charge in [-0.25, -0.2) is 4.98 Å². The topological polar surface area (TPSA) is 64.0 Å². The number of aromatic nitrogens is 2. The molecule has 1 heterocycles. The Bertz CT molecular complexity index is 1230. The summed E-state index contributed by atoms with van der Waals surface area (Å²) in [7, 11) is 0. The Morgan fingerprint density at radius 3 is 2.40 bits per heavy atom. The quantitative estimate of drug-likeness (QED) is 0.499. The van der Waals surface area contributed by atoms with Gasteiger partial charge in [-0.05, 0) is 61.7 Å². The summed E-state index contributed by atoms with van der Waals surface area (Å²) in [5, 5.41) is 3.53. The summed E-state index contributed by atoms with van der Waals surface area (Å²) >= 11 is 0. The third-order valence-electron chi connectivity index (χ3n) is 5.10. The van der Waals surface area contributed by atoms with Gasteiger partial charge in [0.15, 0.2) is 0 Å². The molecule has 1 N–H and O–H groups in total. The Morgan fingerprint density at radius 1 is 0.933 bits per heavy atom. The summed E-state index contributed by atoms with van der Waals surface area (Å²) in [5.74, 6) is 0.493. The number of aryl methyl sites for hydroxylation is 2. The molecule has 0 unspecified atom stereocenters. The second-order valence-corrected chi connectivity index (χ2v) is 7.21. The smallest absolute Gasteiger partial charge is 0.265 e. The number of fused-ring (bicyclic) bond motifs is 1. The summed E-state index contributed by atoms with van der Waals surface area (Å²) < 4.78 is 1.57. The van der Waals surface area contributed by atoms with Crippen LogP contribution in [0, 0.1) is 6.92 Å². The number of carbonyl (C=O) groups excluding carboxylic acids is 1. The standard InChI is InChI=1S/C25H23N3O2/c1-18-27-23-12-6-5-11-22(23)25(30)28(18)21-15-13-20(14-16-21)24(29)26-17-7-10-19-8-3-2-4-9-19/h2-6,8-9,11-16H,7,10,17H2,1H3,(H,26,29). The van der Waals surface area contributed by atoms with Crippen LogP contribution in [0.3, 0.4) is 0 Å². The highest BCUT2D eigenvalue weighted by molar-refractivity contribution is 5.94. The average molecular weight is 397 g/mol. The Kier molecular flexibility index (Phi) is 5.70. The number of nitrogens with zero attached hydrogens (tertiary/aromatic N) is 2. The van der Waals surface area contributed by atoms with Crippen LogP contribution in [-0.4, -0.2) is 22.0 Å². The number of amides is 1. The van der Waals surface area contributed by atoms with E-state index >= 15 is 0 Å². The van der Waals surface area contributed by atoms with Crippen molar-refractivity contribution in [3.63, 3.8) is 0 Å². The third-order valence-corrected chi connectivity index (χ3v) is 5.10. The van der Waals surface area contributed by atoms with Crippen LogP contribution in [0.1, 0.15) is 28.2 Å². The van der Waals surface area contributed by atoms with Crippen LogP contribution in [-0.2, 0) is 6.42 Å². The molecule has 3 aromatic carbocycles. The monoisotopic (exact) mass is 397 g/mol. The Balaban J connectivity index is 1.45. The third kappa shape index (κ3) is 4.15. The van der Waals surface area contributed by atoms with Crippen molar-refractivity contribution in [2.75, 3.05) is 6.54 Å². The fourth-order valence-corrected chi connectivity index (χ4v) is 3.55. The zero-order chi connectivity index (χ0) is 20.9. The average Bonchev–Trinajstić information content (AvgIpc) is 2.78. The maximum atomic E-state index is 12.9. The number of hydrogen-bond acceptors (Lipinski definition) is 3. The van der Waals surface area contributed by atoms with E-state index in [0.717, 1.165) is 12.8 Å². The van der Waals surface area contributed by atoms with E-state index in [0.29, 0.717) is 34.5 Å². The highest BCUT2D eigenvalue weighted by Crippen LogP contribution is 2.13. The van der Waals surface area contributed by atoms with Crippen LogP contribution in [0.4, 0.5) is 0 Å². The SMILES string of the molecule is Cc1nc2ccccc2c(=O)n1-c1ccc(C(=O)NCCCc2ccccc2)cc1. The summed E-state index contributed by atoms with van der Waals surface area (Å²) in [5.41, 5.74) is 3.09. The summed E-state index contributed by atoms with van der Waals surface area (Å²) in [6.45, 7) is 2.42. The van der Waals surface area contributed by atoms with Crippen molar-refractivity contribution in [2.24, 2.45) is 0 Å². The molecule has 0 atom stereocenters. The highest BCUT2D eigenvalue weighted by Gasteiger charge is 2.11. The number of para-hydroxylation sites is 1. The van der Waals surface area contributed by atoms with Crippen LogP contribution in [0.25, 0.3) is 16.6 Å². The zero-order valence-electron chi connectivity index (χ0n) is 16.8. The number of nitrogens with one attached hydrogen (secondary N) is 1. The number of rotatable bonds is 6. The Morgan fingerprint density at radius 2 is 1.63 bits per heavy atom. The van der Waals surface area contributed by atoms with Gasteiger partial charge in [-0.1, -0.05) is 42.5 Å². The van der Waals surface area contributed by atoms with Crippen LogP contribution in [0.15, 0.2) is 83.7 Å². The lowest BCUT2D eigenvalue weighted by atomic mass is 10.1. The van der Waals surface area contributed by atoms with Crippen LogP contribution >= 0.6 is 0 Å². The summed E-state index contributed by atoms with van der Waals surface area (Å²) in [4.78, 5) is 29.9. The number of benzene rings is 3. The second kappa shape index (κ2) is 8.74. The van der Waals surface area contributed by atoms with Gasteiger partial charge in [0.05, 0.1) is 16.6 Å². The molecule has 0 aliphatic rings. The van der Waals surface area contributed by atoms with Gasteiger partial charge in [-0.15, -0.1) is 0 Å². The van der Waals surface area contributed by atoms with Crippen molar-refractivity contribution in [3.8, 4) is 5.69 Å². The van der Waals surface area contributed by atoms with Gasteiger partial charge < -0.3 is 5.32 Å².